The van der Waals surface area contributed by atoms with Gasteiger partial charge in [0.25, 0.3) is 5.56 Å². The highest BCUT2D eigenvalue weighted by Gasteiger charge is 2.22. The average Bonchev–Trinajstić information content (AvgIpc) is 3.20. The number of hydrogen-bond acceptors (Lipinski definition) is 3. The Balaban J connectivity index is 0.000000561. The number of rotatable bonds is 3. The van der Waals surface area contributed by atoms with Crippen LogP contribution in [0.1, 0.15) is 53.0 Å². The number of H-pyrrole nitrogens is 2. The molecule has 22 heavy (non-hydrogen) atoms. The molecule has 3 heterocycles. The summed E-state index contributed by atoms with van der Waals surface area (Å²) >= 11 is 0. The van der Waals surface area contributed by atoms with Gasteiger partial charge in [-0.3, -0.25) is 9.69 Å². The molecule has 1 aliphatic rings. The van der Waals surface area contributed by atoms with Gasteiger partial charge in [-0.15, -0.1) is 0 Å². The third kappa shape index (κ3) is 4.19. The van der Waals surface area contributed by atoms with E-state index in [1.165, 1.54) is 19.2 Å². The molecule has 0 amide bonds. The van der Waals surface area contributed by atoms with E-state index in [0.29, 0.717) is 5.52 Å². The molecule has 0 saturated carbocycles. The molecular weight excluding hydrogens is 276 g/mol. The molecule has 0 aliphatic carbocycles. The summed E-state index contributed by atoms with van der Waals surface area (Å²) in [5, 5.41) is 0. The Morgan fingerprint density at radius 3 is 2.64 bits per heavy atom. The van der Waals surface area contributed by atoms with Crippen molar-refractivity contribution in [2.75, 3.05) is 13.1 Å². The predicted octanol–water partition coefficient (Wildman–Crippen LogP) is 3.54. The number of likely N-dealkylation sites (tertiary alicyclic amines) is 1. The van der Waals surface area contributed by atoms with Crippen molar-refractivity contribution < 1.29 is 0 Å². The van der Waals surface area contributed by atoms with Crippen molar-refractivity contribution >= 4 is 11.0 Å². The van der Waals surface area contributed by atoms with E-state index in [2.05, 4.69) is 26.8 Å². The Morgan fingerprint density at radius 1 is 1.27 bits per heavy atom. The molecule has 1 aliphatic heterocycles. The molecule has 0 bridgehead atoms. The maximum atomic E-state index is 11.6. The Hall–Kier alpha value is -1.62. The van der Waals surface area contributed by atoms with Gasteiger partial charge in [0.15, 0.2) is 0 Å². The third-order valence-electron chi connectivity index (χ3n) is 3.89. The molecule has 1 saturated heterocycles. The van der Waals surface area contributed by atoms with Gasteiger partial charge in [0.2, 0.25) is 0 Å². The molecule has 0 radical (unpaired) electrons. The van der Waals surface area contributed by atoms with Gasteiger partial charge in [0.1, 0.15) is 5.52 Å². The summed E-state index contributed by atoms with van der Waals surface area (Å²) in [5.74, 6) is 0.826. The summed E-state index contributed by atoms with van der Waals surface area (Å²) in [6.45, 7) is 13.4. The second kappa shape index (κ2) is 9.41. The Morgan fingerprint density at radius 2 is 2.00 bits per heavy atom. The highest BCUT2D eigenvalue weighted by Crippen LogP contribution is 2.22. The lowest BCUT2D eigenvalue weighted by molar-refractivity contribution is 0.316. The van der Waals surface area contributed by atoms with Crippen molar-refractivity contribution in [1.29, 1.82) is 0 Å². The molecule has 0 spiro atoms. The molecule has 0 aromatic carbocycles. The zero-order chi connectivity index (χ0) is 16.5. The molecule has 2 aromatic heterocycles. The van der Waals surface area contributed by atoms with Crippen LogP contribution in [0.3, 0.4) is 0 Å². The third-order valence-corrected chi connectivity index (χ3v) is 3.89. The van der Waals surface area contributed by atoms with Gasteiger partial charge in [0.05, 0.1) is 11.8 Å². The lowest BCUT2D eigenvalue weighted by atomic mass is 10.1. The minimum Gasteiger partial charge on any atom is -0.355 e. The van der Waals surface area contributed by atoms with Crippen LogP contribution >= 0.6 is 0 Å². The number of fused-ring (bicyclic) bond motifs is 1. The highest BCUT2D eigenvalue weighted by atomic mass is 16.1. The van der Waals surface area contributed by atoms with Crippen molar-refractivity contribution in [1.82, 2.24) is 19.9 Å². The monoisotopic (exact) mass is 306 g/mol. The maximum absolute atomic E-state index is 11.6. The van der Waals surface area contributed by atoms with E-state index in [1.807, 2.05) is 33.9 Å². The van der Waals surface area contributed by atoms with Gasteiger partial charge in [0, 0.05) is 24.8 Å². The van der Waals surface area contributed by atoms with E-state index in [0.717, 1.165) is 36.6 Å². The molecule has 2 N–H and O–H groups in total. The van der Waals surface area contributed by atoms with Crippen molar-refractivity contribution in [2.24, 2.45) is 5.92 Å². The van der Waals surface area contributed by atoms with Crippen LogP contribution in [0.5, 0.6) is 0 Å². The van der Waals surface area contributed by atoms with Crippen LogP contribution in [0, 0.1) is 5.92 Å². The van der Waals surface area contributed by atoms with Crippen molar-refractivity contribution in [2.45, 2.75) is 54.0 Å². The first-order chi connectivity index (χ1) is 10.8. The standard InChI is InChI=1S/C13H18N4O.2C2H6/c1-2-9-3-4-17(6-9)7-10-5-14-12-11(10)15-8-16-13(12)18;2*1-2/h5,8-9,14H,2-4,6-7H2,1H3,(H,15,16,18);2*1-2H3/t9-;;/m1../s1. The molecule has 5 heteroatoms. The Labute approximate surface area is 133 Å². The minimum atomic E-state index is -0.0980. The number of aromatic nitrogens is 3. The first kappa shape index (κ1) is 18.4. The van der Waals surface area contributed by atoms with Gasteiger partial charge < -0.3 is 9.97 Å². The van der Waals surface area contributed by atoms with Crippen LogP contribution in [0.4, 0.5) is 0 Å². The molecule has 1 fully saturated rings. The first-order valence-electron chi connectivity index (χ1n) is 8.54. The number of nitrogens with zero attached hydrogens (tertiary/aromatic N) is 2. The lowest BCUT2D eigenvalue weighted by Crippen LogP contribution is -2.20. The normalized spacial score (nSPS) is 17.6. The molecule has 124 valence electrons. The fraction of sp³-hybridized carbons (Fsp3) is 0.647. The van der Waals surface area contributed by atoms with Crippen LogP contribution in [0.25, 0.3) is 11.0 Å². The van der Waals surface area contributed by atoms with Crippen LogP contribution < -0.4 is 5.56 Å². The van der Waals surface area contributed by atoms with E-state index in [4.69, 9.17) is 0 Å². The second-order valence-corrected chi connectivity index (χ2v) is 5.07. The molecular formula is C17H30N4O. The average molecular weight is 306 g/mol. The van der Waals surface area contributed by atoms with E-state index >= 15 is 0 Å². The van der Waals surface area contributed by atoms with Gasteiger partial charge in [-0.25, -0.2) is 4.98 Å². The van der Waals surface area contributed by atoms with Crippen LogP contribution in [-0.2, 0) is 6.54 Å². The molecule has 0 unspecified atom stereocenters. The van der Waals surface area contributed by atoms with E-state index in [9.17, 15) is 4.79 Å². The number of nitrogens with one attached hydrogen (secondary N) is 2. The summed E-state index contributed by atoms with van der Waals surface area (Å²) in [4.78, 5) is 23.9. The predicted molar refractivity (Wildman–Crippen MR) is 93.1 cm³/mol. The first-order valence-corrected chi connectivity index (χ1v) is 8.54. The van der Waals surface area contributed by atoms with Crippen LogP contribution in [-0.4, -0.2) is 32.9 Å². The molecule has 5 nitrogen and oxygen atoms in total. The molecule has 3 rings (SSSR count). The topological polar surface area (TPSA) is 64.8 Å². The Bertz CT molecular complexity index is 602. The van der Waals surface area contributed by atoms with E-state index in [-0.39, 0.29) is 5.56 Å². The number of hydrogen-bond donors (Lipinski definition) is 2. The zero-order valence-electron chi connectivity index (χ0n) is 14.6. The van der Waals surface area contributed by atoms with Gasteiger partial charge in [-0.1, -0.05) is 41.0 Å². The van der Waals surface area contributed by atoms with Gasteiger partial charge >= 0.3 is 0 Å². The fourth-order valence-corrected chi connectivity index (χ4v) is 2.76. The zero-order valence-corrected chi connectivity index (χ0v) is 14.6. The summed E-state index contributed by atoms with van der Waals surface area (Å²) < 4.78 is 0. The van der Waals surface area contributed by atoms with Gasteiger partial charge in [-0.2, -0.15) is 0 Å². The lowest BCUT2D eigenvalue weighted by Gasteiger charge is -2.14. The summed E-state index contributed by atoms with van der Waals surface area (Å²) in [7, 11) is 0. The maximum Gasteiger partial charge on any atom is 0.275 e. The minimum absolute atomic E-state index is 0.0980. The van der Waals surface area contributed by atoms with Crippen molar-refractivity contribution in [3.8, 4) is 0 Å². The second-order valence-electron chi connectivity index (χ2n) is 5.07. The summed E-state index contributed by atoms with van der Waals surface area (Å²) in [6.07, 6.45) is 5.92. The molecule has 1 atom stereocenters. The van der Waals surface area contributed by atoms with E-state index < -0.39 is 0 Å². The summed E-state index contributed by atoms with van der Waals surface area (Å²) in [5.41, 5.74) is 2.41. The van der Waals surface area contributed by atoms with Crippen molar-refractivity contribution in [3.05, 3.63) is 28.4 Å². The highest BCUT2D eigenvalue weighted by molar-refractivity contribution is 5.77. The molecule has 2 aromatic rings. The van der Waals surface area contributed by atoms with Gasteiger partial charge in [-0.05, 0) is 18.9 Å². The largest absolute Gasteiger partial charge is 0.355 e. The van der Waals surface area contributed by atoms with E-state index in [1.54, 1.807) is 0 Å². The summed E-state index contributed by atoms with van der Waals surface area (Å²) in [6, 6.07) is 0. The van der Waals surface area contributed by atoms with Crippen molar-refractivity contribution in [3.63, 3.8) is 0 Å². The van der Waals surface area contributed by atoms with Crippen LogP contribution in [0.15, 0.2) is 17.3 Å². The fourth-order valence-electron chi connectivity index (χ4n) is 2.76. The smallest absolute Gasteiger partial charge is 0.275 e. The SMILES string of the molecule is CC.CC.CC[C@@H]1CCN(Cc2c[nH]c3c(=O)[nH]cnc23)C1. The van der Waals surface area contributed by atoms with Crippen LogP contribution in [0.2, 0.25) is 0 Å². The Kier molecular flexibility index (Phi) is 7.88. The number of aromatic amines is 2. The quantitative estimate of drug-likeness (QED) is 0.911.